The predicted molar refractivity (Wildman–Crippen MR) is 163 cm³/mol. The maximum absolute atomic E-state index is 13.9. The van der Waals surface area contributed by atoms with Gasteiger partial charge in [-0.2, -0.15) is 0 Å². The number of non-ortho nitro benzene ring substituents is 1. The summed E-state index contributed by atoms with van der Waals surface area (Å²) >= 11 is 1.42. The summed E-state index contributed by atoms with van der Waals surface area (Å²) in [6.45, 7) is 0.295. The fourth-order valence-electron chi connectivity index (χ4n) is 5.65. The molecule has 7 rings (SSSR count). The van der Waals surface area contributed by atoms with Gasteiger partial charge in [0.25, 0.3) is 11.2 Å². The molecule has 5 aromatic rings. The molecule has 0 N–H and O–H groups in total. The largest absolute Gasteiger partial charge is 0.489 e. The summed E-state index contributed by atoms with van der Waals surface area (Å²) in [6.07, 6.45) is 3.69. The maximum atomic E-state index is 13.9. The Bertz CT molecular complexity index is 2030. The number of allylic oxidation sites excluding steroid dienone is 1. The van der Waals surface area contributed by atoms with Crippen LogP contribution in [0, 0.1) is 10.1 Å². The summed E-state index contributed by atoms with van der Waals surface area (Å²) in [6, 6.07) is 32.3. The minimum atomic E-state index is -0.421. The molecule has 4 aromatic carbocycles. The van der Waals surface area contributed by atoms with Crippen molar-refractivity contribution in [1.82, 2.24) is 4.57 Å². The molecule has 42 heavy (non-hydrogen) atoms. The van der Waals surface area contributed by atoms with E-state index in [1.54, 1.807) is 12.1 Å². The van der Waals surface area contributed by atoms with Gasteiger partial charge in [0.2, 0.25) is 0 Å². The summed E-state index contributed by atoms with van der Waals surface area (Å²) in [5.74, 6) is 0.669. The molecule has 0 saturated carbocycles. The lowest BCUT2D eigenvalue weighted by Gasteiger charge is -2.30. The summed E-state index contributed by atoms with van der Waals surface area (Å²) in [5, 5.41) is 10.9. The first-order valence-corrected chi connectivity index (χ1v) is 14.5. The molecule has 2 heterocycles. The second-order valence-corrected chi connectivity index (χ2v) is 11.3. The first-order chi connectivity index (χ1) is 20.5. The number of rotatable bonds is 6. The molecule has 0 spiro atoms. The number of ether oxygens (including phenoxy) is 1. The predicted octanol–water partition coefficient (Wildman–Crippen LogP) is 5.81. The minimum absolute atomic E-state index is 0.0449. The van der Waals surface area contributed by atoms with E-state index in [1.165, 1.54) is 34.6 Å². The molecule has 0 radical (unpaired) electrons. The standard InChI is InChI=1S/C34H25N3O4S/c38-33-30(20-22-12-17-27(18-13-22)41-21-23-10-15-26(16-11-23)37(39)40)42-34-35-31-28-9-5-4-6-24(28)14-19-29(31)32(36(33)34)25-7-2-1-3-8-25/h1-13,15-18,20,32H,14,19,21H2/b30-20-/t32-/m0/s1. The van der Waals surface area contributed by atoms with Gasteiger partial charge in [-0.15, -0.1) is 0 Å². The van der Waals surface area contributed by atoms with Crippen molar-refractivity contribution in [2.75, 3.05) is 0 Å². The van der Waals surface area contributed by atoms with Crippen molar-refractivity contribution in [3.8, 4) is 5.75 Å². The fraction of sp³-hybridized carbons (Fsp3) is 0.118. The minimum Gasteiger partial charge on any atom is -0.489 e. The van der Waals surface area contributed by atoms with Crippen LogP contribution in [0.15, 0.2) is 118 Å². The van der Waals surface area contributed by atoms with Crippen molar-refractivity contribution in [3.63, 3.8) is 0 Å². The monoisotopic (exact) mass is 571 g/mol. The molecule has 7 nitrogen and oxygen atoms in total. The van der Waals surface area contributed by atoms with Crippen molar-refractivity contribution >= 4 is 28.8 Å². The Hall–Kier alpha value is -5.08. The lowest BCUT2D eigenvalue weighted by atomic mass is 9.83. The van der Waals surface area contributed by atoms with E-state index in [4.69, 9.17) is 9.73 Å². The van der Waals surface area contributed by atoms with Gasteiger partial charge in [0, 0.05) is 17.7 Å². The molecule has 0 bridgehead atoms. The van der Waals surface area contributed by atoms with Gasteiger partial charge in [-0.05, 0) is 71.0 Å². The molecule has 1 atom stereocenters. The molecule has 206 valence electrons. The van der Waals surface area contributed by atoms with Crippen molar-refractivity contribution in [3.05, 3.63) is 166 Å². The topological polar surface area (TPSA) is 86.7 Å². The first kappa shape index (κ1) is 25.9. The van der Waals surface area contributed by atoms with Gasteiger partial charge in [-0.1, -0.05) is 78.1 Å². The molecule has 0 amide bonds. The van der Waals surface area contributed by atoms with Gasteiger partial charge in [-0.25, -0.2) is 4.99 Å². The van der Waals surface area contributed by atoms with E-state index in [2.05, 4.69) is 36.4 Å². The van der Waals surface area contributed by atoms with Crippen molar-refractivity contribution in [1.29, 1.82) is 0 Å². The number of hydrogen-bond donors (Lipinski definition) is 0. The third-order valence-electron chi connectivity index (χ3n) is 7.72. The van der Waals surface area contributed by atoms with Crippen LogP contribution in [0.25, 0.3) is 11.8 Å². The van der Waals surface area contributed by atoms with Gasteiger partial charge >= 0.3 is 0 Å². The highest BCUT2D eigenvalue weighted by Crippen LogP contribution is 2.41. The van der Waals surface area contributed by atoms with E-state index in [0.29, 0.717) is 21.7 Å². The van der Waals surface area contributed by atoms with E-state index in [0.717, 1.165) is 40.8 Å². The van der Waals surface area contributed by atoms with Gasteiger partial charge in [0.05, 0.1) is 21.2 Å². The Morgan fingerprint density at radius 2 is 1.67 bits per heavy atom. The van der Waals surface area contributed by atoms with Crippen LogP contribution in [0.4, 0.5) is 5.69 Å². The molecule has 1 aliphatic heterocycles. The van der Waals surface area contributed by atoms with E-state index < -0.39 is 4.92 Å². The van der Waals surface area contributed by atoms with Crippen LogP contribution in [0.3, 0.4) is 0 Å². The summed E-state index contributed by atoms with van der Waals surface area (Å²) in [4.78, 5) is 30.1. The van der Waals surface area contributed by atoms with Crippen molar-refractivity contribution in [2.24, 2.45) is 4.99 Å². The van der Waals surface area contributed by atoms with Crippen molar-refractivity contribution < 1.29 is 9.66 Å². The third kappa shape index (κ3) is 4.76. The summed E-state index contributed by atoms with van der Waals surface area (Å²) < 4.78 is 8.35. The SMILES string of the molecule is O=c1/c(=C/c2ccc(OCc3ccc([N+](=O)[O-])cc3)cc2)sc2n1[C@@H](c1ccccc1)C1=C(N=2)c2ccccc2CC1. The zero-order valence-electron chi connectivity index (χ0n) is 22.5. The van der Waals surface area contributed by atoms with Gasteiger partial charge in [-0.3, -0.25) is 19.5 Å². The lowest BCUT2D eigenvalue weighted by molar-refractivity contribution is -0.384. The maximum Gasteiger partial charge on any atom is 0.271 e. The average Bonchev–Trinajstić information content (AvgIpc) is 3.34. The molecule has 1 aliphatic carbocycles. The summed E-state index contributed by atoms with van der Waals surface area (Å²) in [7, 11) is 0. The molecular weight excluding hydrogens is 546 g/mol. The lowest BCUT2D eigenvalue weighted by Crippen LogP contribution is -2.38. The Morgan fingerprint density at radius 3 is 2.43 bits per heavy atom. The fourth-order valence-corrected chi connectivity index (χ4v) is 6.65. The zero-order valence-corrected chi connectivity index (χ0v) is 23.3. The van der Waals surface area contributed by atoms with Gasteiger partial charge in [0.15, 0.2) is 4.80 Å². The second kappa shape index (κ2) is 10.7. The number of thiazole rings is 1. The molecule has 2 aliphatic rings. The van der Waals surface area contributed by atoms with Gasteiger partial charge < -0.3 is 4.74 Å². The number of hydrogen-bond acceptors (Lipinski definition) is 6. The smallest absolute Gasteiger partial charge is 0.271 e. The number of fused-ring (bicyclic) bond motifs is 3. The Labute approximate surface area is 245 Å². The van der Waals surface area contributed by atoms with Crippen LogP contribution in [0.2, 0.25) is 0 Å². The molecule has 0 unspecified atom stereocenters. The van der Waals surface area contributed by atoms with Crippen LogP contribution < -0.4 is 19.6 Å². The number of aromatic nitrogens is 1. The molecule has 0 saturated heterocycles. The normalized spacial score (nSPS) is 15.8. The number of aryl methyl sites for hydroxylation is 1. The van der Waals surface area contributed by atoms with E-state index >= 15 is 0 Å². The Kier molecular flexibility index (Phi) is 6.60. The van der Waals surface area contributed by atoms with E-state index in [1.807, 2.05) is 53.1 Å². The number of nitrogens with zero attached hydrogens (tertiary/aromatic N) is 3. The molecular formula is C34H25N3O4S. The molecule has 1 aromatic heterocycles. The molecule has 8 heteroatoms. The van der Waals surface area contributed by atoms with E-state index in [-0.39, 0.29) is 17.3 Å². The number of nitro groups is 1. The summed E-state index contributed by atoms with van der Waals surface area (Å²) in [5.41, 5.74) is 7.44. The first-order valence-electron chi connectivity index (χ1n) is 13.7. The highest BCUT2D eigenvalue weighted by atomic mass is 32.1. The highest BCUT2D eigenvalue weighted by Gasteiger charge is 2.32. The number of benzene rings is 4. The second-order valence-electron chi connectivity index (χ2n) is 10.3. The van der Waals surface area contributed by atoms with Crippen molar-refractivity contribution in [2.45, 2.75) is 25.5 Å². The molecule has 0 fully saturated rings. The quantitative estimate of drug-likeness (QED) is 0.190. The van der Waals surface area contributed by atoms with Crippen LogP contribution in [0.5, 0.6) is 5.75 Å². The Balaban J connectivity index is 1.22. The third-order valence-corrected chi connectivity index (χ3v) is 8.70. The van der Waals surface area contributed by atoms with Gasteiger partial charge in [0.1, 0.15) is 12.4 Å². The van der Waals surface area contributed by atoms with Crippen LogP contribution in [-0.2, 0) is 13.0 Å². The average molecular weight is 572 g/mol. The zero-order chi connectivity index (χ0) is 28.6. The Morgan fingerprint density at radius 1 is 0.929 bits per heavy atom. The van der Waals surface area contributed by atoms with Crippen LogP contribution >= 0.6 is 11.3 Å². The highest BCUT2D eigenvalue weighted by molar-refractivity contribution is 7.07. The van der Waals surface area contributed by atoms with Crippen LogP contribution in [-0.4, -0.2) is 9.49 Å². The number of nitro benzene ring substituents is 1. The van der Waals surface area contributed by atoms with Crippen LogP contribution in [0.1, 0.15) is 40.3 Å². The van der Waals surface area contributed by atoms with E-state index in [9.17, 15) is 14.9 Å².